The Bertz CT molecular complexity index is 993. The summed E-state index contributed by atoms with van der Waals surface area (Å²) in [5, 5.41) is 35.7. The van der Waals surface area contributed by atoms with Gasteiger partial charge in [-0.05, 0) is 30.7 Å². The first-order chi connectivity index (χ1) is 16.3. The molecule has 0 aliphatic carbocycles. The molecule has 0 spiro atoms. The van der Waals surface area contributed by atoms with Crippen molar-refractivity contribution in [1.29, 1.82) is 0 Å². The molecule has 0 saturated carbocycles. The van der Waals surface area contributed by atoms with Crippen molar-refractivity contribution in [3.63, 3.8) is 0 Å². The molecule has 8 heteroatoms. The Morgan fingerprint density at radius 3 is 2.29 bits per heavy atom. The average Bonchev–Trinajstić information content (AvgIpc) is 2.83. The maximum atomic E-state index is 10.1. The molecular weight excluding hydrogens is 436 g/mol. The molecule has 184 valence electrons. The van der Waals surface area contributed by atoms with E-state index < -0.39 is 24.1 Å². The topological polar surface area (TPSA) is 154 Å². The Balaban J connectivity index is 0.000000620. The smallest absolute Gasteiger partial charge is 0.328 e. The molecule has 8 nitrogen and oxygen atoms in total. The predicted molar refractivity (Wildman–Crippen MR) is 131 cm³/mol. The van der Waals surface area contributed by atoms with Crippen molar-refractivity contribution in [3.05, 3.63) is 53.7 Å². The third-order valence-electron chi connectivity index (χ3n) is 4.89. The highest BCUT2D eigenvalue weighted by Gasteiger charge is 2.17. The van der Waals surface area contributed by atoms with E-state index in [4.69, 9.17) is 21.1 Å². The minimum absolute atomic E-state index is 0.284. The van der Waals surface area contributed by atoms with Crippen LogP contribution in [0.3, 0.4) is 0 Å². The molecule has 2 aromatic rings. The van der Waals surface area contributed by atoms with Gasteiger partial charge in [0.2, 0.25) is 0 Å². The number of fused-ring (bicyclic) bond motifs is 1. The van der Waals surface area contributed by atoms with E-state index >= 15 is 0 Å². The van der Waals surface area contributed by atoms with Crippen molar-refractivity contribution in [2.45, 2.75) is 64.0 Å². The van der Waals surface area contributed by atoms with Gasteiger partial charge in [0, 0.05) is 29.5 Å². The molecule has 0 bridgehead atoms. The number of pyridine rings is 1. The third kappa shape index (κ3) is 11.6. The number of benzene rings is 1. The highest BCUT2D eigenvalue weighted by molar-refractivity contribution is 5.89. The van der Waals surface area contributed by atoms with Crippen molar-refractivity contribution in [1.82, 2.24) is 4.98 Å². The molecule has 0 amide bonds. The van der Waals surface area contributed by atoms with Crippen LogP contribution in [0.15, 0.2) is 42.5 Å². The molecular formula is C26H34N2O6. The standard InChI is InChI=1S/C22H30N2O2.C4H4O4/c1-2-3-4-5-6-7-8-9-10-17-11-13-20-18(15-17)12-14-21(24-20)22(26)19(23)16-25;5-3(6)1-2-4(7)8/h11-15,19,22,25-26H,2-8,16,23H2,1H3;1-2H,(H,5,6)(H,7,8)/b;2-1-. The molecule has 0 radical (unpaired) electrons. The number of aromatic nitrogens is 1. The molecule has 1 aromatic carbocycles. The monoisotopic (exact) mass is 470 g/mol. The second kappa shape index (κ2) is 16.4. The van der Waals surface area contributed by atoms with E-state index in [2.05, 4.69) is 23.7 Å². The van der Waals surface area contributed by atoms with Gasteiger partial charge in [0.15, 0.2) is 0 Å². The van der Waals surface area contributed by atoms with Crippen LogP contribution < -0.4 is 5.73 Å². The van der Waals surface area contributed by atoms with Crippen molar-refractivity contribution in [2.24, 2.45) is 5.73 Å². The number of aliphatic carboxylic acids is 2. The molecule has 34 heavy (non-hydrogen) atoms. The van der Waals surface area contributed by atoms with E-state index in [0.717, 1.165) is 29.3 Å². The number of rotatable bonds is 11. The summed E-state index contributed by atoms with van der Waals surface area (Å²) >= 11 is 0. The summed E-state index contributed by atoms with van der Waals surface area (Å²) in [6, 6.07) is 8.79. The second-order valence-electron chi connectivity index (χ2n) is 7.76. The molecule has 1 aromatic heterocycles. The van der Waals surface area contributed by atoms with Gasteiger partial charge in [-0.1, -0.05) is 56.9 Å². The molecule has 2 rings (SSSR count). The van der Waals surface area contributed by atoms with Gasteiger partial charge in [0.25, 0.3) is 0 Å². The van der Waals surface area contributed by atoms with Crippen LogP contribution in [0, 0.1) is 11.8 Å². The molecule has 0 fully saturated rings. The van der Waals surface area contributed by atoms with Gasteiger partial charge in [0.1, 0.15) is 6.10 Å². The molecule has 0 aliphatic rings. The fraction of sp³-hybridized carbons (Fsp3) is 0.423. The van der Waals surface area contributed by atoms with E-state index in [1.807, 2.05) is 24.3 Å². The highest BCUT2D eigenvalue weighted by Crippen LogP contribution is 2.19. The molecule has 2 unspecified atom stereocenters. The van der Waals surface area contributed by atoms with Crippen molar-refractivity contribution in [2.75, 3.05) is 6.61 Å². The lowest BCUT2D eigenvalue weighted by molar-refractivity contribution is -0.134. The number of hydrogen-bond acceptors (Lipinski definition) is 6. The van der Waals surface area contributed by atoms with E-state index in [9.17, 15) is 14.7 Å². The Labute approximate surface area is 200 Å². The van der Waals surface area contributed by atoms with Crippen LogP contribution in [-0.2, 0) is 9.59 Å². The minimum Gasteiger partial charge on any atom is -0.478 e. The SMILES string of the molecule is CCCCCCCCC#Cc1ccc2nc(C(O)C(N)CO)ccc2c1.O=C(O)/C=C\C(=O)O. The van der Waals surface area contributed by atoms with Crippen LogP contribution >= 0.6 is 0 Å². The number of aliphatic hydroxyl groups is 2. The first kappa shape index (κ1) is 28.8. The molecule has 6 N–H and O–H groups in total. The zero-order chi connectivity index (χ0) is 25.3. The quantitative estimate of drug-likeness (QED) is 0.190. The summed E-state index contributed by atoms with van der Waals surface area (Å²) in [4.78, 5) is 23.5. The average molecular weight is 471 g/mol. The van der Waals surface area contributed by atoms with Crippen LogP contribution in [0.25, 0.3) is 10.9 Å². The molecule has 1 heterocycles. The molecule has 2 atom stereocenters. The number of carboxylic acid groups (broad SMARTS) is 2. The number of unbranched alkanes of at least 4 members (excludes halogenated alkanes) is 6. The lowest BCUT2D eigenvalue weighted by atomic mass is 10.1. The van der Waals surface area contributed by atoms with Crippen molar-refractivity contribution >= 4 is 22.8 Å². The number of nitrogens with zero attached hydrogens (tertiary/aromatic N) is 1. The van der Waals surface area contributed by atoms with Crippen LogP contribution in [0.1, 0.15) is 69.2 Å². The van der Waals surface area contributed by atoms with E-state index in [-0.39, 0.29) is 6.61 Å². The summed E-state index contributed by atoms with van der Waals surface area (Å²) in [5.74, 6) is 3.96. The Hall–Kier alpha value is -3.25. The summed E-state index contributed by atoms with van der Waals surface area (Å²) in [5.41, 5.74) is 7.91. The van der Waals surface area contributed by atoms with Gasteiger partial charge < -0.3 is 26.2 Å². The Morgan fingerprint density at radius 2 is 1.68 bits per heavy atom. The molecule has 0 saturated heterocycles. The summed E-state index contributed by atoms with van der Waals surface area (Å²) in [6.45, 7) is 1.95. The van der Waals surface area contributed by atoms with Crippen molar-refractivity contribution < 1.29 is 30.0 Å². The van der Waals surface area contributed by atoms with E-state index in [1.54, 1.807) is 6.07 Å². The number of carbonyl (C=O) groups is 2. The van der Waals surface area contributed by atoms with E-state index in [1.165, 1.54) is 32.1 Å². The number of nitrogens with two attached hydrogens (primary N) is 1. The first-order valence-corrected chi connectivity index (χ1v) is 11.4. The summed E-state index contributed by atoms with van der Waals surface area (Å²) < 4.78 is 0. The van der Waals surface area contributed by atoms with Gasteiger partial charge in [-0.25, -0.2) is 9.59 Å². The van der Waals surface area contributed by atoms with Crippen LogP contribution in [0.5, 0.6) is 0 Å². The number of carboxylic acids is 2. The zero-order valence-corrected chi connectivity index (χ0v) is 19.5. The van der Waals surface area contributed by atoms with Gasteiger partial charge in [-0.15, -0.1) is 0 Å². The Kier molecular flexibility index (Phi) is 13.9. The van der Waals surface area contributed by atoms with Crippen molar-refractivity contribution in [3.8, 4) is 11.8 Å². The Morgan fingerprint density at radius 1 is 1.03 bits per heavy atom. The minimum atomic E-state index is -1.26. The fourth-order valence-corrected chi connectivity index (χ4v) is 3.00. The van der Waals surface area contributed by atoms with E-state index in [0.29, 0.717) is 17.8 Å². The second-order valence-corrected chi connectivity index (χ2v) is 7.76. The maximum absolute atomic E-state index is 10.1. The van der Waals surface area contributed by atoms with Gasteiger partial charge in [-0.3, -0.25) is 4.98 Å². The normalized spacial score (nSPS) is 12.4. The largest absolute Gasteiger partial charge is 0.478 e. The highest BCUT2D eigenvalue weighted by atomic mass is 16.4. The molecule has 0 aliphatic heterocycles. The van der Waals surface area contributed by atoms with Crippen LogP contribution in [0.4, 0.5) is 0 Å². The first-order valence-electron chi connectivity index (χ1n) is 11.4. The predicted octanol–water partition coefficient (Wildman–Crippen LogP) is 3.40. The maximum Gasteiger partial charge on any atom is 0.328 e. The van der Waals surface area contributed by atoms with Gasteiger partial charge >= 0.3 is 11.9 Å². The third-order valence-corrected chi connectivity index (χ3v) is 4.89. The lowest BCUT2D eigenvalue weighted by Gasteiger charge is -2.16. The lowest BCUT2D eigenvalue weighted by Crippen LogP contribution is -2.32. The fourth-order valence-electron chi connectivity index (χ4n) is 3.00. The van der Waals surface area contributed by atoms with Crippen LogP contribution in [-0.4, -0.2) is 50.0 Å². The van der Waals surface area contributed by atoms with Gasteiger partial charge in [0.05, 0.1) is 23.9 Å². The number of aliphatic hydroxyl groups excluding tert-OH is 2. The summed E-state index contributed by atoms with van der Waals surface area (Å²) in [6.07, 6.45) is 8.77. The number of hydrogen-bond donors (Lipinski definition) is 5. The van der Waals surface area contributed by atoms with Gasteiger partial charge in [-0.2, -0.15) is 0 Å². The zero-order valence-electron chi connectivity index (χ0n) is 19.5. The van der Waals surface area contributed by atoms with Crippen LogP contribution in [0.2, 0.25) is 0 Å². The summed E-state index contributed by atoms with van der Waals surface area (Å²) in [7, 11) is 0.